The molecule has 2 rings (SSSR count). The Morgan fingerprint density at radius 2 is 2.30 bits per heavy atom. The van der Waals surface area contributed by atoms with Crippen molar-refractivity contribution in [1.29, 1.82) is 0 Å². The standard InChI is InChI=1S/C13H15N3O3S/c1-9-3-4-10(7-12(9)16(17)18)11-8-20-13(15-11)14-5-6-19-2/h3-4,7-8H,5-6H2,1-2H3,(H,14,15). The van der Waals surface area contributed by atoms with E-state index in [1.165, 1.54) is 11.3 Å². The molecule has 1 aromatic carbocycles. The molecule has 0 bridgehead atoms. The number of nitrogens with zero attached hydrogens (tertiary/aromatic N) is 2. The van der Waals surface area contributed by atoms with Crippen molar-refractivity contribution in [3.05, 3.63) is 39.3 Å². The van der Waals surface area contributed by atoms with Crippen LogP contribution in [0.25, 0.3) is 11.3 Å². The Labute approximate surface area is 120 Å². The maximum atomic E-state index is 10.9. The number of aromatic nitrogens is 1. The second-order valence-electron chi connectivity index (χ2n) is 4.22. The summed E-state index contributed by atoms with van der Waals surface area (Å²) in [6.45, 7) is 3.00. The summed E-state index contributed by atoms with van der Waals surface area (Å²) >= 11 is 1.47. The number of rotatable bonds is 6. The SMILES string of the molecule is COCCNc1nc(-c2ccc(C)c([N+](=O)[O-])c2)cs1. The molecule has 106 valence electrons. The lowest BCUT2D eigenvalue weighted by Gasteiger charge is -2.01. The molecular weight excluding hydrogens is 278 g/mol. The van der Waals surface area contributed by atoms with Crippen LogP contribution in [0.3, 0.4) is 0 Å². The maximum absolute atomic E-state index is 10.9. The van der Waals surface area contributed by atoms with Crippen LogP contribution in [-0.4, -0.2) is 30.2 Å². The van der Waals surface area contributed by atoms with Gasteiger partial charge in [0.05, 0.1) is 17.2 Å². The maximum Gasteiger partial charge on any atom is 0.272 e. The van der Waals surface area contributed by atoms with E-state index >= 15 is 0 Å². The molecule has 0 saturated carbocycles. The fourth-order valence-electron chi connectivity index (χ4n) is 1.71. The third-order valence-electron chi connectivity index (χ3n) is 2.79. The molecule has 1 heterocycles. The number of benzene rings is 1. The number of thiazole rings is 1. The molecule has 0 atom stereocenters. The highest BCUT2D eigenvalue weighted by atomic mass is 32.1. The van der Waals surface area contributed by atoms with Crippen molar-refractivity contribution in [2.24, 2.45) is 0 Å². The predicted octanol–water partition coefficient (Wildman–Crippen LogP) is 3.09. The second kappa shape index (κ2) is 6.44. The highest BCUT2D eigenvalue weighted by Gasteiger charge is 2.13. The fraction of sp³-hybridized carbons (Fsp3) is 0.308. The zero-order valence-electron chi connectivity index (χ0n) is 11.3. The quantitative estimate of drug-likeness (QED) is 0.503. The molecule has 1 aromatic heterocycles. The smallest absolute Gasteiger partial charge is 0.272 e. The molecule has 0 fully saturated rings. The summed E-state index contributed by atoms with van der Waals surface area (Å²) in [7, 11) is 1.64. The van der Waals surface area contributed by atoms with Crippen LogP contribution in [0.5, 0.6) is 0 Å². The van der Waals surface area contributed by atoms with Crippen molar-refractivity contribution in [2.45, 2.75) is 6.92 Å². The van der Waals surface area contributed by atoms with Gasteiger partial charge in [0, 0.05) is 36.2 Å². The van der Waals surface area contributed by atoms with Gasteiger partial charge >= 0.3 is 0 Å². The Morgan fingerprint density at radius 3 is 3.00 bits per heavy atom. The number of nitrogens with one attached hydrogen (secondary N) is 1. The lowest BCUT2D eigenvalue weighted by Crippen LogP contribution is -2.07. The van der Waals surface area contributed by atoms with Crippen LogP contribution in [-0.2, 0) is 4.74 Å². The number of aryl methyl sites for hydroxylation is 1. The van der Waals surface area contributed by atoms with Crippen LogP contribution < -0.4 is 5.32 Å². The number of methoxy groups -OCH3 is 1. The van der Waals surface area contributed by atoms with Crippen molar-refractivity contribution >= 4 is 22.2 Å². The summed E-state index contributed by atoms with van der Waals surface area (Å²) in [5.74, 6) is 0. The number of nitro groups is 1. The summed E-state index contributed by atoms with van der Waals surface area (Å²) in [5.41, 5.74) is 2.24. The van der Waals surface area contributed by atoms with Gasteiger partial charge in [-0.3, -0.25) is 10.1 Å². The number of hydrogen-bond acceptors (Lipinski definition) is 6. The van der Waals surface area contributed by atoms with Gasteiger partial charge in [0.15, 0.2) is 5.13 Å². The highest BCUT2D eigenvalue weighted by molar-refractivity contribution is 7.14. The van der Waals surface area contributed by atoms with Crippen LogP contribution in [0.15, 0.2) is 23.6 Å². The summed E-state index contributed by atoms with van der Waals surface area (Å²) in [6.07, 6.45) is 0. The van der Waals surface area contributed by atoms with E-state index in [1.54, 1.807) is 26.2 Å². The van der Waals surface area contributed by atoms with Crippen molar-refractivity contribution in [3.8, 4) is 11.3 Å². The summed E-state index contributed by atoms with van der Waals surface area (Å²) in [4.78, 5) is 15.0. The van der Waals surface area contributed by atoms with Crippen LogP contribution in [0.2, 0.25) is 0 Å². The number of ether oxygens (including phenoxy) is 1. The van der Waals surface area contributed by atoms with E-state index in [9.17, 15) is 10.1 Å². The first-order valence-corrected chi connectivity index (χ1v) is 6.93. The molecular formula is C13H15N3O3S. The average Bonchev–Trinajstić information content (AvgIpc) is 2.88. The van der Waals surface area contributed by atoms with Gasteiger partial charge in [-0.2, -0.15) is 0 Å². The Kier molecular flexibility index (Phi) is 4.65. The Morgan fingerprint density at radius 1 is 1.50 bits per heavy atom. The van der Waals surface area contributed by atoms with Gasteiger partial charge < -0.3 is 10.1 Å². The first-order chi connectivity index (χ1) is 9.61. The average molecular weight is 293 g/mol. The number of hydrogen-bond donors (Lipinski definition) is 1. The minimum atomic E-state index is -0.372. The van der Waals surface area contributed by atoms with Crippen molar-refractivity contribution in [3.63, 3.8) is 0 Å². The number of nitro benzene ring substituents is 1. The lowest BCUT2D eigenvalue weighted by molar-refractivity contribution is -0.385. The van der Waals surface area contributed by atoms with Gasteiger partial charge in [0.1, 0.15) is 0 Å². The van der Waals surface area contributed by atoms with Crippen LogP contribution in [0.4, 0.5) is 10.8 Å². The fourth-order valence-corrected chi connectivity index (χ4v) is 2.46. The monoisotopic (exact) mass is 293 g/mol. The largest absolute Gasteiger partial charge is 0.383 e. The van der Waals surface area contributed by atoms with E-state index in [1.807, 2.05) is 11.4 Å². The van der Waals surface area contributed by atoms with Crippen molar-refractivity contribution in [1.82, 2.24) is 4.98 Å². The summed E-state index contributed by atoms with van der Waals surface area (Å²) < 4.78 is 4.95. The predicted molar refractivity (Wildman–Crippen MR) is 79.3 cm³/mol. The molecule has 0 aliphatic heterocycles. The molecule has 0 aliphatic carbocycles. The van der Waals surface area contributed by atoms with Crippen molar-refractivity contribution < 1.29 is 9.66 Å². The highest BCUT2D eigenvalue weighted by Crippen LogP contribution is 2.29. The molecule has 20 heavy (non-hydrogen) atoms. The first-order valence-electron chi connectivity index (χ1n) is 6.05. The van der Waals surface area contributed by atoms with E-state index < -0.39 is 0 Å². The van der Waals surface area contributed by atoms with Crippen LogP contribution in [0, 0.1) is 17.0 Å². The third-order valence-corrected chi connectivity index (χ3v) is 3.59. The summed E-state index contributed by atoms with van der Waals surface area (Å²) in [5, 5.41) is 16.7. The zero-order chi connectivity index (χ0) is 14.5. The van der Waals surface area contributed by atoms with Crippen LogP contribution in [0.1, 0.15) is 5.56 Å². The number of anilines is 1. The Hall–Kier alpha value is -1.99. The summed E-state index contributed by atoms with van der Waals surface area (Å²) in [6, 6.07) is 5.14. The van der Waals surface area contributed by atoms with Gasteiger partial charge in [-0.05, 0) is 6.92 Å². The molecule has 0 spiro atoms. The molecule has 2 aromatic rings. The van der Waals surface area contributed by atoms with E-state index in [2.05, 4.69) is 10.3 Å². The zero-order valence-corrected chi connectivity index (χ0v) is 12.1. The van der Waals surface area contributed by atoms with E-state index in [-0.39, 0.29) is 10.6 Å². The van der Waals surface area contributed by atoms with Gasteiger partial charge in [0.2, 0.25) is 0 Å². The van der Waals surface area contributed by atoms with Crippen molar-refractivity contribution in [2.75, 3.05) is 25.6 Å². The molecule has 0 aliphatic rings. The second-order valence-corrected chi connectivity index (χ2v) is 5.07. The Bertz CT molecular complexity index is 613. The van der Waals surface area contributed by atoms with E-state index in [0.29, 0.717) is 18.7 Å². The molecule has 7 heteroatoms. The van der Waals surface area contributed by atoms with Gasteiger partial charge in [-0.25, -0.2) is 4.98 Å². The Balaban J connectivity index is 2.19. The van der Waals surface area contributed by atoms with Crippen LogP contribution >= 0.6 is 11.3 Å². The molecule has 6 nitrogen and oxygen atoms in total. The molecule has 0 amide bonds. The van der Waals surface area contributed by atoms with E-state index in [4.69, 9.17) is 4.74 Å². The molecule has 1 N–H and O–H groups in total. The minimum Gasteiger partial charge on any atom is -0.383 e. The normalized spacial score (nSPS) is 10.5. The first kappa shape index (κ1) is 14.4. The molecule has 0 radical (unpaired) electrons. The van der Waals surface area contributed by atoms with Gasteiger partial charge in [0.25, 0.3) is 5.69 Å². The van der Waals surface area contributed by atoms with Gasteiger partial charge in [-0.15, -0.1) is 11.3 Å². The van der Waals surface area contributed by atoms with Gasteiger partial charge in [-0.1, -0.05) is 12.1 Å². The molecule has 0 saturated heterocycles. The lowest BCUT2D eigenvalue weighted by atomic mass is 10.1. The minimum absolute atomic E-state index is 0.115. The third kappa shape index (κ3) is 3.31. The molecule has 0 unspecified atom stereocenters. The topological polar surface area (TPSA) is 77.3 Å². The van der Waals surface area contributed by atoms with E-state index in [0.717, 1.165) is 16.4 Å².